The average molecular weight is 430 g/mol. The Morgan fingerprint density at radius 1 is 0.967 bits per heavy atom. The number of fused-ring (bicyclic) bond motifs is 1. The SMILES string of the molecule is COc1ccc(S(=O)(=O)N2CCN(C(C)C(=O)N3CCc4ccccc43)CC2)cc1. The first kappa shape index (κ1) is 20.8. The van der Waals surface area contributed by atoms with E-state index in [2.05, 4.69) is 11.0 Å². The van der Waals surface area contributed by atoms with Crippen LogP contribution >= 0.6 is 0 Å². The monoisotopic (exact) mass is 429 g/mol. The molecule has 30 heavy (non-hydrogen) atoms. The maximum atomic E-state index is 13.1. The largest absolute Gasteiger partial charge is 0.497 e. The van der Waals surface area contributed by atoms with Gasteiger partial charge in [0.1, 0.15) is 5.75 Å². The number of carbonyl (C=O) groups excluding carboxylic acids is 1. The van der Waals surface area contributed by atoms with Crippen molar-refractivity contribution in [1.82, 2.24) is 9.21 Å². The zero-order valence-corrected chi connectivity index (χ0v) is 18.1. The number of methoxy groups -OCH3 is 1. The predicted octanol–water partition coefficient (Wildman–Crippen LogP) is 1.98. The van der Waals surface area contributed by atoms with E-state index in [0.717, 1.165) is 12.1 Å². The smallest absolute Gasteiger partial charge is 0.244 e. The van der Waals surface area contributed by atoms with E-state index in [0.29, 0.717) is 38.5 Å². The van der Waals surface area contributed by atoms with Gasteiger partial charge in [0.25, 0.3) is 0 Å². The molecule has 160 valence electrons. The van der Waals surface area contributed by atoms with Crippen molar-refractivity contribution >= 4 is 21.6 Å². The molecule has 1 fully saturated rings. The summed E-state index contributed by atoms with van der Waals surface area (Å²) in [5, 5.41) is 0. The molecule has 2 heterocycles. The second kappa shape index (κ2) is 8.37. The number of rotatable bonds is 5. The molecule has 1 unspecified atom stereocenters. The number of ether oxygens (including phenoxy) is 1. The Morgan fingerprint density at radius 2 is 1.63 bits per heavy atom. The number of carbonyl (C=O) groups is 1. The molecule has 0 saturated carbocycles. The molecule has 2 aliphatic rings. The normalized spacial score (nSPS) is 18.8. The van der Waals surface area contributed by atoms with Crippen LogP contribution in [0.3, 0.4) is 0 Å². The van der Waals surface area contributed by atoms with Gasteiger partial charge in [0.05, 0.1) is 18.0 Å². The molecule has 1 saturated heterocycles. The number of piperazine rings is 1. The third-order valence-corrected chi connectivity index (χ3v) is 7.94. The Bertz CT molecular complexity index is 1010. The number of hydrogen-bond acceptors (Lipinski definition) is 5. The van der Waals surface area contributed by atoms with Crippen molar-refractivity contribution in [2.24, 2.45) is 0 Å². The molecule has 0 bridgehead atoms. The lowest BCUT2D eigenvalue weighted by Crippen LogP contribution is -2.55. The molecular weight excluding hydrogens is 402 g/mol. The van der Waals surface area contributed by atoms with E-state index in [1.54, 1.807) is 31.4 Å². The van der Waals surface area contributed by atoms with E-state index in [4.69, 9.17) is 4.74 Å². The third-order valence-electron chi connectivity index (χ3n) is 6.03. The average Bonchev–Trinajstić information content (AvgIpc) is 3.22. The van der Waals surface area contributed by atoms with Crippen LogP contribution in [0.15, 0.2) is 53.4 Å². The highest BCUT2D eigenvalue weighted by molar-refractivity contribution is 7.89. The first-order valence-electron chi connectivity index (χ1n) is 10.2. The van der Waals surface area contributed by atoms with Gasteiger partial charge in [-0.1, -0.05) is 18.2 Å². The Morgan fingerprint density at radius 3 is 2.30 bits per heavy atom. The molecular formula is C22H27N3O4S. The van der Waals surface area contributed by atoms with Crippen molar-refractivity contribution < 1.29 is 17.9 Å². The number of nitrogens with zero attached hydrogens (tertiary/aromatic N) is 3. The fraction of sp³-hybridized carbons (Fsp3) is 0.409. The Labute approximate surface area is 177 Å². The summed E-state index contributed by atoms with van der Waals surface area (Å²) in [6, 6.07) is 14.2. The lowest BCUT2D eigenvalue weighted by Gasteiger charge is -2.38. The van der Waals surface area contributed by atoms with Gasteiger partial charge in [-0.05, 0) is 49.2 Å². The van der Waals surface area contributed by atoms with Crippen LogP contribution in [0.2, 0.25) is 0 Å². The Balaban J connectivity index is 1.40. The topological polar surface area (TPSA) is 70.2 Å². The summed E-state index contributed by atoms with van der Waals surface area (Å²) < 4.78 is 32.5. The molecule has 4 rings (SSSR count). The minimum Gasteiger partial charge on any atom is -0.497 e. The van der Waals surface area contributed by atoms with Crippen molar-refractivity contribution in [3.8, 4) is 5.75 Å². The number of para-hydroxylation sites is 1. The molecule has 0 aromatic heterocycles. The van der Waals surface area contributed by atoms with Gasteiger partial charge in [0.2, 0.25) is 15.9 Å². The highest BCUT2D eigenvalue weighted by atomic mass is 32.2. The van der Waals surface area contributed by atoms with Crippen LogP contribution < -0.4 is 9.64 Å². The van der Waals surface area contributed by atoms with Gasteiger partial charge < -0.3 is 9.64 Å². The van der Waals surface area contributed by atoms with Crippen molar-refractivity contribution in [2.45, 2.75) is 24.3 Å². The molecule has 0 spiro atoms. The fourth-order valence-electron chi connectivity index (χ4n) is 4.18. The molecule has 0 N–H and O–H groups in total. The second-order valence-electron chi connectivity index (χ2n) is 7.66. The molecule has 2 aliphatic heterocycles. The maximum Gasteiger partial charge on any atom is 0.244 e. The van der Waals surface area contributed by atoms with E-state index < -0.39 is 10.0 Å². The van der Waals surface area contributed by atoms with Crippen molar-refractivity contribution in [3.63, 3.8) is 0 Å². The van der Waals surface area contributed by atoms with Gasteiger partial charge in [-0.2, -0.15) is 4.31 Å². The van der Waals surface area contributed by atoms with Crippen LogP contribution in [-0.2, 0) is 21.2 Å². The summed E-state index contributed by atoms with van der Waals surface area (Å²) in [7, 11) is -2.01. The third kappa shape index (κ3) is 3.82. The molecule has 7 nitrogen and oxygen atoms in total. The first-order valence-corrected chi connectivity index (χ1v) is 11.6. The molecule has 0 radical (unpaired) electrons. The number of benzene rings is 2. The van der Waals surface area contributed by atoms with E-state index in [1.807, 2.05) is 30.0 Å². The number of hydrogen-bond donors (Lipinski definition) is 0. The van der Waals surface area contributed by atoms with Gasteiger partial charge in [-0.25, -0.2) is 8.42 Å². The van der Waals surface area contributed by atoms with Crippen LogP contribution in [0, 0.1) is 0 Å². The minimum atomic E-state index is -3.56. The second-order valence-corrected chi connectivity index (χ2v) is 9.60. The number of anilines is 1. The van der Waals surface area contributed by atoms with E-state index in [1.165, 1.54) is 9.87 Å². The number of amides is 1. The summed E-state index contributed by atoms with van der Waals surface area (Å²) in [5.41, 5.74) is 2.20. The molecule has 1 amide bonds. The van der Waals surface area contributed by atoms with Gasteiger partial charge >= 0.3 is 0 Å². The predicted molar refractivity (Wildman–Crippen MR) is 115 cm³/mol. The summed E-state index contributed by atoms with van der Waals surface area (Å²) in [6.45, 7) is 4.39. The van der Waals surface area contributed by atoms with Crippen LogP contribution in [0.25, 0.3) is 0 Å². The molecule has 1 atom stereocenters. The van der Waals surface area contributed by atoms with Crippen LogP contribution in [-0.4, -0.2) is 69.4 Å². The zero-order chi connectivity index (χ0) is 21.3. The highest BCUT2D eigenvalue weighted by Gasteiger charge is 2.35. The summed E-state index contributed by atoms with van der Waals surface area (Å²) in [4.78, 5) is 17.3. The van der Waals surface area contributed by atoms with Gasteiger partial charge in [0.15, 0.2) is 0 Å². The lowest BCUT2D eigenvalue weighted by molar-refractivity contribution is -0.123. The van der Waals surface area contributed by atoms with Crippen molar-refractivity contribution in [1.29, 1.82) is 0 Å². The highest BCUT2D eigenvalue weighted by Crippen LogP contribution is 2.29. The molecule has 2 aromatic carbocycles. The van der Waals surface area contributed by atoms with Crippen LogP contribution in [0.1, 0.15) is 12.5 Å². The van der Waals surface area contributed by atoms with E-state index in [9.17, 15) is 13.2 Å². The van der Waals surface area contributed by atoms with E-state index >= 15 is 0 Å². The first-order chi connectivity index (χ1) is 14.4. The number of sulfonamides is 1. The fourth-order valence-corrected chi connectivity index (χ4v) is 5.60. The zero-order valence-electron chi connectivity index (χ0n) is 17.3. The summed E-state index contributed by atoms with van der Waals surface area (Å²) in [5.74, 6) is 0.695. The van der Waals surface area contributed by atoms with Gasteiger partial charge in [0, 0.05) is 38.4 Å². The maximum absolute atomic E-state index is 13.1. The molecule has 8 heteroatoms. The molecule has 2 aromatic rings. The Hall–Kier alpha value is -2.42. The van der Waals surface area contributed by atoms with Crippen LogP contribution in [0.4, 0.5) is 5.69 Å². The van der Waals surface area contributed by atoms with Gasteiger partial charge in [-0.15, -0.1) is 0 Å². The summed E-state index contributed by atoms with van der Waals surface area (Å²) in [6.07, 6.45) is 0.877. The lowest BCUT2D eigenvalue weighted by atomic mass is 10.1. The van der Waals surface area contributed by atoms with Crippen molar-refractivity contribution in [3.05, 3.63) is 54.1 Å². The Kier molecular flexibility index (Phi) is 5.81. The minimum absolute atomic E-state index is 0.0754. The summed E-state index contributed by atoms with van der Waals surface area (Å²) >= 11 is 0. The standard InChI is InChI=1S/C22H27N3O4S/c1-17(22(26)25-12-11-18-5-3-4-6-21(18)25)23-13-15-24(16-14-23)30(27,28)20-9-7-19(29-2)8-10-20/h3-10,17H,11-16H2,1-2H3. The van der Waals surface area contributed by atoms with Crippen molar-refractivity contribution in [2.75, 3.05) is 44.7 Å². The van der Waals surface area contributed by atoms with Crippen LogP contribution in [0.5, 0.6) is 5.75 Å². The molecule has 0 aliphatic carbocycles. The quantitative estimate of drug-likeness (QED) is 0.727. The van der Waals surface area contributed by atoms with Gasteiger partial charge in [-0.3, -0.25) is 9.69 Å². The van der Waals surface area contributed by atoms with E-state index in [-0.39, 0.29) is 16.8 Å².